The number of rotatable bonds is 6. The maximum absolute atomic E-state index is 13.1. The minimum absolute atomic E-state index is 0.0417. The Morgan fingerprint density at radius 1 is 1.23 bits per heavy atom. The van der Waals surface area contributed by atoms with Gasteiger partial charge in [0.15, 0.2) is 0 Å². The molecule has 9 nitrogen and oxygen atoms in total. The highest BCUT2D eigenvalue weighted by molar-refractivity contribution is 6.32. The summed E-state index contributed by atoms with van der Waals surface area (Å²) < 4.78 is 11.0. The first kappa shape index (κ1) is 25.2. The molecule has 0 radical (unpaired) electrons. The second-order valence-electron chi connectivity index (χ2n) is 9.63. The van der Waals surface area contributed by atoms with Crippen LogP contribution in [0.4, 0.5) is 22.0 Å². The van der Waals surface area contributed by atoms with Crippen molar-refractivity contribution in [2.45, 2.75) is 51.9 Å². The van der Waals surface area contributed by atoms with Gasteiger partial charge in [0.05, 0.1) is 49.0 Å². The number of anilines is 3. The average molecular weight is 503 g/mol. The highest BCUT2D eigenvalue weighted by atomic mass is 35.5. The molecule has 1 aromatic heterocycles. The van der Waals surface area contributed by atoms with E-state index in [1.165, 1.54) is 0 Å². The Morgan fingerprint density at radius 3 is 2.60 bits per heavy atom. The molecule has 2 aliphatic heterocycles. The molecule has 0 unspecified atom stereocenters. The van der Waals surface area contributed by atoms with Gasteiger partial charge in [0.2, 0.25) is 0 Å². The molecule has 0 saturated carbocycles. The van der Waals surface area contributed by atoms with Gasteiger partial charge in [-0.05, 0) is 57.9 Å². The van der Waals surface area contributed by atoms with Crippen LogP contribution in [-0.2, 0) is 16.0 Å². The summed E-state index contributed by atoms with van der Waals surface area (Å²) in [6.45, 7) is 7.43. The maximum atomic E-state index is 13.1. The number of carbonyl (C=O) groups is 2. The van der Waals surface area contributed by atoms with Crippen LogP contribution in [0.2, 0.25) is 5.02 Å². The van der Waals surface area contributed by atoms with Gasteiger partial charge < -0.3 is 24.8 Å². The summed E-state index contributed by atoms with van der Waals surface area (Å²) in [5, 5.41) is 12.5. The molecule has 1 fully saturated rings. The summed E-state index contributed by atoms with van der Waals surface area (Å²) in [6.07, 6.45) is 3.06. The Bertz CT molecular complexity index is 1080. The number of benzene rings is 1. The number of imide groups is 1. The van der Waals surface area contributed by atoms with E-state index in [0.29, 0.717) is 34.3 Å². The first-order valence-electron chi connectivity index (χ1n) is 11.7. The molecule has 2 N–H and O–H groups in total. The van der Waals surface area contributed by atoms with E-state index in [1.54, 1.807) is 39.1 Å². The number of piperidine rings is 1. The van der Waals surface area contributed by atoms with Crippen molar-refractivity contribution >= 4 is 40.8 Å². The van der Waals surface area contributed by atoms with Crippen molar-refractivity contribution < 1.29 is 24.2 Å². The summed E-state index contributed by atoms with van der Waals surface area (Å²) in [5.41, 5.74) is 1.74. The van der Waals surface area contributed by atoms with Crippen LogP contribution >= 0.6 is 11.6 Å². The predicted octanol–water partition coefficient (Wildman–Crippen LogP) is 4.35. The zero-order chi connectivity index (χ0) is 25.2. The van der Waals surface area contributed by atoms with Crippen molar-refractivity contribution in [3.8, 4) is 0 Å². The number of carbonyl (C=O) groups excluding carboxylic acids is 2. The summed E-state index contributed by atoms with van der Waals surface area (Å²) in [6, 6.07) is 7.25. The lowest BCUT2D eigenvalue weighted by atomic mass is 10.1. The third-order valence-corrected chi connectivity index (χ3v) is 6.26. The van der Waals surface area contributed by atoms with Crippen LogP contribution in [0.25, 0.3) is 0 Å². The number of amides is 2. The van der Waals surface area contributed by atoms with Crippen LogP contribution in [0, 0.1) is 0 Å². The third-order valence-electron chi connectivity index (χ3n) is 5.91. The van der Waals surface area contributed by atoms with E-state index >= 15 is 0 Å². The Balaban J connectivity index is 1.45. The van der Waals surface area contributed by atoms with Gasteiger partial charge in [-0.15, -0.1) is 0 Å². The molecule has 1 saturated heterocycles. The zero-order valence-electron chi connectivity index (χ0n) is 20.2. The molecule has 10 heteroatoms. The zero-order valence-corrected chi connectivity index (χ0v) is 21.0. The Morgan fingerprint density at radius 2 is 1.97 bits per heavy atom. The summed E-state index contributed by atoms with van der Waals surface area (Å²) >= 11 is 6.36. The Kier molecular flexibility index (Phi) is 7.49. The van der Waals surface area contributed by atoms with Crippen molar-refractivity contribution in [2.75, 3.05) is 36.5 Å². The average Bonchev–Trinajstić information content (AvgIpc) is 3.18. The van der Waals surface area contributed by atoms with Crippen LogP contribution < -0.4 is 10.2 Å². The number of nitrogens with zero attached hydrogens (tertiary/aromatic N) is 3. The van der Waals surface area contributed by atoms with E-state index in [9.17, 15) is 9.59 Å². The fraction of sp³-hybridized carbons (Fsp3) is 0.480. The van der Waals surface area contributed by atoms with Crippen molar-refractivity contribution in [3.63, 3.8) is 0 Å². The molecule has 2 aliphatic rings. The summed E-state index contributed by atoms with van der Waals surface area (Å²) in [5.74, 6) is 0.116. The molecule has 4 rings (SSSR count). The maximum Gasteiger partial charge on any atom is 0.417 e. The van der Waals surface area contributed by atoms with Crippen molar-refractivity contribution in [1.82, 2.24) is 9.88 Å². The lowest BCUT2D eigenvalue weighted by molar-refractivity contribution is 0.0159. The van der Waals surface area contributed by atoms with E-state index in [1.807, 2.05) is 12.1 Å². The molecule has 1 aromatic carbocycles. The number of aliphatic hydroxyl groups is 1. The van der Waals surface area contributed by atoms with Gasteiger partial charge >= 0.3 is 6.09 Å². The molecule has 0 bridgehead atoms. The first-order valence-corrected chi connectivity index (χ1v) is 12.1. The van der Waals surface area contributed by atoms with Gasteiger partial charge in [0.1, 0.15) is 11.4 Å². The molecule has 2 aromatic rings. The fourth-order valence-electron chi connectivity index (χ4n) is 4.24. The minimum Gasteiger partial charge on any atom is -0.443 e. The van der Waals surface area contributed by atoms with E-state index in [-0.39, 0.29) is 19.3 Å². The molecule has 0 aliphatic carbocycles. The van der Waals surface area contributed by atoms with E-state index in [0.717, 1.165) is 36.5 Å². The SMILES string of the molecule is CC(C)(C)OC(=O)N1Cc2c(Cl)ccc(Nc3ccc(N4CCC(OCCO)CC4)cn3)c2C1=O. The molecular weight excluding hydrogens is 472 g/mol. The number of ether oxygens (including phenoxy) is 2. The number of hydrogen-bond acceptors (Lipinski definition) is 8. The number of hydrogen-bond donors (Lipinski definition) is 2. The molecule has 35 heavy (non-hydrogen) atoms. The van der Waals surface area contributed by atoms with Gasteiger partial charge in [-0.2, -0.15) is 0 Å². The second kappa shape index (κ2) is 10.4. The van der Waals surface area contributed by atoms with Crippen LogP contribution in [-0.4, -0.2) is 65.0 Å². The fourth-order valence-corrected chi connectivity index (χ4v) is 4.46. The molecule has 0 atom stereocenters. The highest BCUT2D eigenvalue weighted by Gasteiger charge is 2.38. The lowest BCUT2D eigenvalue weighted by Crippen LogP contribution is -2.37. The van der Waals surface area contributed by atoms with Crippen LogP contribution in [0.3, 0.4) is 0 Å². The van der Waals surface area contributed by atoms with Crippen LogP contribution in [0.1, 0.15) is 49.5 Å². The van der Waals surface area contributed by atoms with E-state index in [4.69, 9.17) is 26.2 Å². The Labute approximate surface area is 210 Å². The van der Waals surface area contributed by atoms with Crippen molar-refractivity contribution in [2.24, 2.45) is 0 Å². The van der Waals surface area contributed by atoms with Gasteiger partial charge in [-0.1, -0.05) is 11.6 Å². The van der Waals surface area contributed by atoms with E-state index < -0.39 is 17.6 Å². The lowest BCUT2D eigenvalue weighted by Gasteiger charge is -2.33. The molecular formula is C25H31ClN4O5. The monoisotopic (exact) mass is 502 g/mol. The summed E-state index contributed by atoms with van der Waals surface area (Å²) in [7, 11) is 0. The molecule has 2 amide bonds. The molecule has 0 spiro atoms. The topological polar surface area (TPSA) is 104 Å². The predicted molar refractivity (Wildman–Crippen MR) is 133 cm³/mol. The van der Waals surface area contributed by atoms with Crippen LogP contribution in [0.5, 0.6) is 0 Å². The van der Waals surface area contributed by atoms with Gasteiger partial charge in [0.25, 0.3) is 5.91 Å². The van der Waals surface area contributed by atoms with Gasteiger partial charge in [-0.3, -0.25) is 4.79 Å². The molecule has 188 valence electrons. The normalized spacial score (nSPS) is 16.4. The quantitative estimate of drug-likeness (QED) is 0.601. The smallest absolute Gasteiger partial charge is 0.417 e. The van der Waals surface area contributed by atoms with Gasteiger partial charge in [0, 0.05) is 23.7 Å². The second-order valence-corrected chi connectivity index (χ2v) is 10.0. The Hall–Kier alpha value is -2.88. The number of pyridine rings is 1. The number of nitrogens with one attached hydrogen (secondary N) is 1. The van der Waals surface area contributed by atoms with Crippen molar-refractivity contribution in [3.05, 3.63) is 46.6 Å². The number of fused-ring (bicyclic) bond motifs is 1. The largest absolute Gasteiger partial charge is 0.443 e. The van der Waals surface area contributed by atoms with Gasteiger partial charge in [-0.25, -0.2) is 14.7 Å². The number of aliphatic hydroxyl groups excluding tert-OH is 1. The standard InChI is InChI=1S/C25H31ClN4O5/c1-25(2,3)35-24(33)30-15-18-19(26)5-6-20(22(18)23(30)32)28-21-7-4-16(14-27-21)29-10-8-17(9-11-29)34-13-12-31/h4-7,14,17,31H,8-13,15H2,1-3H3,(H,27,28). The minimum atomic E-state index is -0.718. The van der Waals surface area contributed by atoms with Crippen LogP contribution in [0.15, 0.2) is 30.5 Å². The highest BCUT2D eigenvalue weighted by Crippen LogP contribution is 2.36. The first-order chi connectivity index (χ1) is 16.7. The molecule has 3 heterocycles. The summed E-state index contributed by atoms with van der Waals surface area (Å²) in [4.78, 5) is 33.5. The van der Waals surface area contributed by atoms with Crippen molar-refractivity contribution in [1.29, 1.82) is 0 Å². The van der Waals surface area contributed by atoms with E-state index in [2.05, 4.69) is 15.2 Å². The number of aromatic nitrogens is 1. The number of halogens is 1. The third kappa shape index (κ3) is 5.86.